The van der Waals surface area contributed by atoms with Crippen LogP contribution in [0.4, 0.5) is 4.79 Å². The molecule has 38 heavy (non-hydrogen) atoms. The fourth-order valence-corrected chi connectivity index (χ4v) is 6.01. The maximum Gasteiger partial charge on any atom is 0.339 e. The Labute approximate surface area is 237 Å². The molecule has 0 radical (unpaired) electrons. The number of ether oxygens (including phenoxy) is 2. The number of imide groups is 1. The summed E-state index contributed by atoms with van der Waals surface area (Å²) in [7, 11) is -4.12. The summed E-state index contributed by atoms with van der Waals surface area (Å²) in [4.78, 5) is 26.7. The summed E-state index contributed by atoms with van der Waals surface area (Å²) >= 11 is 10.0. The van der Waals surface area contributed by atoms with Crippen LogP contribution >= 0.6 is 39.3 Å². The Hall–Kier alpha value is -2.99. The summed E-state index contributed by atoms with van der Waals surface area (Å²) in [6, 6.07) is 17.6. The normalized spacial score (nSPS) is 14.7. The Kier molecular flexibility index (Phi) is 9.03. The Morgan fingerprint density at radius 1 is 1.03 bits per heavy atom. The maximum atomic E-state index is 12.9. The number of halogens is 2. The first-order valence-corrected chi connectivity index (χ1v) is 14.7. The molecule has 8 nitrogen and oxygen atoms in total. The first-order valence-electron chi connectivity index (χ1n) is 11.3. The minimum atomic E-state index is -4.12. The van der Waals surface area contributed by atoms with Gasteiger partial charge in [0.25, 0.3) is 11.1 Å². The van der Waals surface area contributed by atoms with Gasteiger partial charge in [-0.15, -0.1) is 0 Å². The van der Waals surface area contributed by atoms with Crippen molar-refractivity contribution >= 4 is 66.6 Å². The van der Waals surface area contributed by atoms with E-state index >= 15 is 0 Å². The zero-order chi connectivity index (χ0) is 27.3. The minimum absolute atomic E-state index is 0.00728. The zero-order valence-corrected chi connectivity index (χ0v) is 23.9. The SMILES string of the molecule is CCOc1cc(/C=C2\SC(=O)N(CCOc3ccc(Cl)cc3)C2=O)cc(Br)c1OS(=O)(=O)c1ccccc1. The highest BCUT2D eigenvalue weighted by Gasteiger charge is 2.35. The van der Waals surface area contributed by atoms with Gasteiger partial charge in [0, 0.05) is 5.02 Å². The molecule has 3 aromatic carbocycles. The molecule has 1 fully saturated rings. The van der Waals surface area contributed by atoms with Gasteiger partial charge in [0.05, 0.1) is 22.5 Å². The van der Waals surface area contributed by atoms with Crippen LogP contribution in [0.5, 0.6) is 17.2 Å². The summed E-state index contributed by atoms with van der Waals surface area (Å²) in [5.74, 6) is 0.242. The molecule has 1 heterocycles. The van der Waals surface area contributed by atoms with Crippen LogP contribution in [-0.2, 0) is 14.9 Å². The van der Waals surface area contributed by atoms with Gasteiger partial charge < -0.3 is 13.7 Å². The van der Waals surface area contributed by atoms with E-state index in [0.717, 1.165) is 16.7 Å². The second-order valence-corrected chi connectivity index (χ2v) is 11.6. The van der Waals surface area contributed by atoms with E-state index in [2.05, 4.69) is 15.9 Å². The van der Waals surface area contributed by atoms with Gasteiger partial charge in [-0.1, -0.05) is 29.8 Å². The third-order valence-electron chi connectivity index (χ3n) is 5.13. The molecule has 198 valence electrons. The molecular weight excluding hydrogens is 618 g/mol. The second-order valence-electron chi connectivity index (χ2n) is 7.75. The van der Waals surface area contributed by atoms with Gasteiger partial charge in [0.1, 0.15) is 17.3 Å². The highest BCUT2D eigenvalue weighted by atomic mass is 79.9. The molecule has 12 heteroatoms. The lowest BCUT2D eigenvalue weighted by Gasteiger charge is -2.15. The summed E-state index contributed by atoms with van der Waals surface area (Å²) < 4.78 is 42.4. The third-order valence-corrected chi connectivity index (χ3v) is 8.11. The van der Waals surface area contributed by atoms with Crippen LogP contribution in [0.15, 0.2) is 81.0 Å². The first-order chi connectivity index (χ1) is 18.2. The highest BCUT2D eigenvalue weighted by Crippen LogP contribution is 2.40. The molecule has 0 spiro atoms. The number of carbonyl (C=O) groups excluding carboxylic acids is 2. The van der Waals surface area contributed by atoms with Crippen LogP contribution in [0.2, 0.25) is 5.02 Å². The smallest absolute Gasteiger partial charge is 0.339 e. The van der Waals surface area contributed by atoms with E-state index in [9.17, 15) is 18.0 Å². The molecule has 3 aromatic rings. The van der Waals surface area contributed by atoms with E-state index in [1.54, 1.807) is 61.5 Å². The highest BCUT2D eigenvalue weighted by molar-refractivity contribution is 9.10. The zero-order valence-electron chi connectivity index (χ0n) is 19.9. The fraction of sp³-hybridized carbons (Fsp3) is 0.154. The van der Waals surface area contributed by atoms with Crippen molar-refractivity contribution in [2.24, 2.45) is 0 Å². The average Bonchev–Trinajstić information content (AvgIpc) is 3.15. The molecule has 0 saturated carbocycles. The number of nitrogens with zero attached hydrogens (tertiary/aromatic N) is 1. The van der Waals surface area contributed by atoms with Crippen molar-refractivity contribution < 1.29 is 31.7 Å². The Morgan fingerprint density at radius 2 is 1.74 bits per heavy atom. The number of thioether (sulfide) groups is 1. The molecule has 0 atom stereocenters. The third kappa shape index (κ3) is 6.71. The summed E-state index contributed by atoms with van der Waals surface area (Å²) in [6.07, 6.45) is 1.54. The average molecular weight is 639 g/mol. The van der Waals surface area contributed by atoms with Gasteiger partial charge in [-0.2, -0.15) is 8.42 Å². The number of benzene rings is 3. The number of rotatable bonds is 10. The van der Waals surface area contributed by atoms with Crippen LogP contribution in [0.3, 0.4) is 0 Å². The molecule has 1 aliphatic rings. The number of amides is 2. The summed E-state index contributed by atoms with van der Waals surface area (Å²) in [6.45, 7) is 2.17. The fourth-order valence-electron chi connectivity index (χ4n) is 3.39. The molecule has 1 saturated heterocycles. The molecule has 2 amide bonds. The van der Waals surface area contributed by atoms with E-state index in [1.807, 2.05) is 0 Å². The topological polar surface area (TPSA) is 99.2 Å². The lowest BCUT2D eigenvalue weighted by molar-refractivity contribution is -0.123. The quantitative estimate of drug-likeness (QED) is 0.186. The van der Waals surface area contributed by atoms with Gasteiger partial charge in [0.15, 0.2) is 11.5 Å². The van der Waals surface area contributed by atoms with E-state index in [0.29, 0.717) is 20.8 Å². The number of carbonyl (C=O) groups is 2. The van der Waals surface area contributed by atoms with Crippen molar-refractivity contribution in [1.82, 2.24) is 4.90 Å². The van der Waals surface area contributed by atoms with Crippen molar-refractivity contribution in [3.63, 3.8) is 0 Å². The molecule has 0 aromatic heterocycles. The monoisotopic (exact) mass is 637 g/mol. The lowest BCUT2D eigenvalue weighted by Crippen LogP contribution is -2.32. The van der Waals surface area contributed by atoms with Crippen LogP contribution in [0.25, 0.3) is 6.08 Å². The molecule has 0 bridgehead atoms. The Morgan fingerprint density at radius 3 is 2.42 bits per heavy atom. The molecule has 1 aliphatic heterocycles. The largest absolute Gasteiger partial charge is 0.492 e. The van der Waals surface area contributed by atoms with Crippen LogP contribution in [0, 0.1) is 0 Å². The van der Waals surface area contributed by atoms with E-state index in [4.69, 9.17) is 25.3 Å². The second kappa shape index (κ2) is 12.2. The van der Waals surface area contributed by atoms with Crippen LogP contribution in [-0.4, -0.2) is 44.2 Å². The Bertz CT molecular complexity index is 1480. The first kappa shape index (κ1) is 28.0. The van der Waals surface area contributed by atoms with E-state index < -0.39 is 21.3 Å². The summed E-state index contributed by atoms with van der Waals surface area (Å²) in [5.41, 5.74) is 0.507. The molecule has 0 unspecified atom stereocenters. The van der Waals surface area contributed by atoms with Gasteiger partial charge in [0.2, 0.25) is 0 Å². The number of hydrogen-bond donors (Lipinski definition) is 0. The molecule has 0 aliphatic carbocycles. The molecule has 4 rings (SSSR count). The van der Waals surface area contributed by atoms with Crippen molar-refractivity contribution in [3.8, 4) is 17.2 Å². The van der Waals surface area contributed by atoms with Gasteiger partial charge in [-0.25, -0.2) is 0 Å². The lowest BCUT2D eigenvalue weighted by atomic mass is 10.2. The molecule has 0 N–H and O–H groups in total. The van der Waals surface area contributed by atoms with Crippen molar-refractivity contribution in [2.45, 2.75) is 11.8 Å². The standard InChI is InChI=1S/C26H21BrClNO7S2/c1-2-34-22-15-17(14-21(27)24(22)36-38(32,33)20-6-4-3-5-7-20)16-23-25(30)29(26(31)37-23)12-13-35-19-10-8-18(28)9-11-19/h3-11,14-16H,2,12-13H2,1H3/b23-16-. The van der Waals surface area contributed by atoms with Crippen molar-refractivity contribution in [3.05, 3.63) is 86.7 Å². The Balaban J connectivity index is 1.51. The summed E-state index contributed by atoms with van der Waals surface area (Å²) in [5, 5.41) is 0.156. The van der Waals surface area contributed by atoms with E-state index in [1.165, 1.54) is 18.2 Å². The van der Waals surface area contributed by atoms with Gasteiger partial charge in [-0.3, -0.25) is 14.5 Å². The predicted molar refractivity (Wildman–Crippen MR) is 149 cm³/mol. The molecular formula is C26H21BrClNO7S2. The van der Waals surface area contributed by atoms with Gasteiger partial charge >= 0.3 is 10.1 Å². The number of hydrogen-bond acceptors (Lipinski definition) is 8. The van der Waals surface area contributed by atoms with Crippen LogP contribution < -0.4 is 13.7 Å². The minimum Gasteiger partial charge on any atom is -0.492 e. The predicted octanol–water partition coefficient (Wildman–Crippen LogP) is 6.38. The van der Waals surface area contributed by atoms with Crippen molar-refractivity contribution in [2.75, 3.05) is 19.8 Å². The van der Waals surface area contributed by atoms with Crippen LogP contribution in [0.1, 0.15) is 12.5 Å². The van der Waals surface area contributed by atoms with Crippen molar-refractivity contribution in [1.29, 1.82) is 0 Å². The van der Waals surface area contributed by atoms with Gasteiger partial charge in [-0.05, 0) is 94.8 Å². The maximum absolute atomic E-state index is 12.9. The van der Waals surface area contributed by atoms with E-state index in [-0.39, 0.29) is 41.1 Å².